The van der Waals surface area contributed by atoms with Crippen LogP contribution in [0, 0.1) is 13.8 Å². The molecule has 1 unspecified atom stereocenters. The molecule has 2 aromatic heterocycles. The first kappa shape index (κ1) is 15.9. The number of methoxy groups -OCH3 is 1. The van der Waals surface area contributed by atoms with Gasteiger partial charge in [0.25, 0.3) is 5.91 Å². The SMILES string of the molecule is COc1ncccc1C(=O)N1CCCC(c2nc(C)c(C)s2)C1. The Labute approximate surface area is 140 Å². The zero-order chi connectivity index (χ0) is 16.4. The van der Waals surface area contributed by atoms with E-state index < -0.39 is 0 Å². The quantitative estimate of drug-likeness (QED) is 0.867. The van der Waals surface area contributed by atoms with Crippen LogP contribution in [0.15, 0.2) is 18.3 Å². The van der Waals surface area contributed by atoms with Crippen LogP contribution in [-0.4, -0.2) is 41.0 Å². The molecule has 5 nitrogen and oxygen atoms in total. The summed E-state index contributed by atoms with van der Waals surface area (Å²) < 4.78 is 5.22. The molecule has 0 N–H and O–H groups in total. The molecule has 1 fully saturated rings. The van der Waals surface area contributed by atoms with Crippen LogP contribution in [-0.2, 0) is 0 Å². The van der Waals surface area contributed by atoms with Crippen molar-refractivity contribution in [2.24, 2.45) is 0 Å². The van der Waals surface area contributed by atoms with Crippen LogP contribution in [0.25, 0.3) is 0 Å². The molecule has 3 rings (SSSR count). The minimum absolute atomic E-state index is 0.00958. The molecule has 1 aliphatic heterocycles. The topological polar surface area (TPSA) is 55.3 Å². The van der Waals surface area contributed by atoms with Gasteiger partial charge in [-0.15, -0.1) is 11.3 Å². The Hall–Kier alpha value is -1.95. The molecule has 0 radical (unpaired) electrons. The molecule has 0 saturated carbocycles. The second-order valence-electron chi connectivity index (χ2n) is 5.84. The number of rotatable bonds is 3. The summed E-state index contributed by atoms with van der Waals surface area (Å²) in [5, 5.41) is 1.15. The number of nitrogens with zero attached hydrogens (tertiary/aromatic N) is 3. The Morgan fingerprint density at radius 3 is 2.96 bits per heavy atom. The molecule has 23 heavy (non-hydrogen) atoms. The highest BCUT2D eigenvalue weighted by Crippen LogP contribution is 2.32. The number of carbonyl (C=O) groups excluding carboxylic acids is 1. The summed E-state index contributed by atoms with van der Waals surface area (Å²) in [6.07, 6.45) is 3.72. The first-order valence-electron chi connectivity index (χ1n) is 7.82. The molecule has 0 aliphatic carbocycles. The van der Waals surface area contributed by atoms with E-state index in [-0.39, 0.29) is 5.91 Å². The van der Waals surface area contributed by atoms with Gasteiger partial charge in [0.15, 0.2) is 0 Å². The summed E-state index contributed by atoms with van der Waals surface area (Å²) in [6, 6.07) is 3.54. The molecule has 0 aromatic carbocycles. The van der Waals surface area contributed by atoms with Crippen molar-refractivity contribution in [3.8, 4) is 5.88 Å². The predicted molar refractivity (Wildman–Crippen MR) is 90.3 cm³/mol. The summed E-state index contributed by atoms with van der Waals surface area (Å²) in [7, 11) is 1.54. The number of thiazole rings is 1. The smallest absolute Gasteiger partial charge is 0.259 e. The molecular weight excluding hydrogens is 310 g/mol. The van der Waals surface area contributed by atoms with Crippen LogP contribution in [0.2, 0.25) is 0 Å². The third kappa shape index (κ3) is 3.22. The van der Waals surface area contributed by atoms with E-state index in [1.165, 1.54) is 4.88 Å². The maximum absolute atomic E-state index is 12.8. The maximum Gasteiger partial charge on any atom is 0.259 e. The van der Waals surface area contributed by atoms with Crippen molar-refractivity contribution in [3.05, 3.63) is 39.5 Å². The van der Waals surface area contributed by atoms with E-state index in [4.69, 9.17) is 4.74 Å². The Balaban J connectivity index is 1.79. The summed E-state index contributed by atoms with van der Waals surface area (Å²) in [5.74, 6) is 0.706. The van der Waals surface area contributed by atoms with Gasteiger partial charge in [-0.1, -0.05) is 0 Å². The van der Waals surface area contributed by atoms with E-state index in [9.17, 15) is 4.79 Å². The molecule has 3 heterocycles. The van der Waals surface area contributed by atoms with Crippen molar-refractivity contribution in [2.75, 3.05) is 20.2 Å². The number of aryl methyl sites for hydroxylation is 2. The molecule has 6 heteroatoms. The highest BCUT2D eigenvalue weighted by Gasteiger charge is 2.29. The van der Waals surface area contributed by atoms with E-state index in [0.717, 1.165) is 30.1 Å². The van der Waals surface area contributed by atoms with Crippen molar-refractivity contribution < 1.29 is 9.53 Å². The summed E-state index contributed by atoms with van der Waals surface area (Å²) in [4.78, 5) is 24.8. The van der Waals surface area contributed by atoms with Gasteiger partial charge < -0.3 is 9.64 Å². The number of hydrogen-bond donors (Lipinski definition) is 0. The van der Waals surface area contributed by atoms with Gasteiger partial charge in [-0.25, -0.2) is 9.97 Å². The van der Waals surface area contributed by atoms with E-state index in [1.807, 2.05) is 11.8 Å². The second kappa shape index (κ2) is 6.66. The number of pyridine rings is 1. The number of hydrogen-bond acceptors (Lipinski definition) is 5. The fraction of sp³-hybridized carbons (Fsp3) is 0.471. The Bertz CT molecular complexity index is 694. The maximum atomic E-state index is 12.8. The molecule has 1 aliphatic rings. The molecule has 0 spiro atoms. The number of carbonyl (C=O) groups is 1. The molecule has 0 bridgehead atoms. The number of aromatic nitrogens is 2. The average Bonchev–Trinajstić information content (AvgIpc) is 2.93. The van der Waals surface area contributed by atoms with Crippen LogP contribution >= 0.6 is 11.3 Å². The second-order valence-corrected chi connectivity index (χ2v) is 7.08. The van der Waals surface area contributed by atoms with Gasteiger partial charge >= 0.3 is 0 Å². The molecule has 122 valence electrons. The molecule has 1 amide bonds. The summed E-state index contributed by atoms with van der Waals surface area (Å²) >= 11 is 1.75. The van der Waals surface area contributed by atoms with Gasteiger partial charge in [0.05, 0.1) is 17.8 Å². The first-order chi connectivity index (χ1) is 11.1. The highest BCUT2D eigenvalue weighted by atomic mass is 32.1. The standard InChI is InChI=1S/C17H21N3O2S/c1-11-12(2)23-16(19-11)13-6-5-9-20(10-13)17(21)14-7-4-8-18-15(14)22-3/h4,7-8,13H,5-6,9-10H2,1-3H3. The van der Waals surface area contributed by atoms with Crippen molar-refractivity contribution in [1.29, 1.82) is 0 Å². The normalized spacial score (nSPS) is 18.0. The van der Waals surface area contributed by atoms with Gasteiger partial charge in [0.1, 0.15) is 5.56 Å². The van der Waals surface area contributed by atoms with Crippen LogP contribution in [0.5, 0.6) is 5.88 Å². The van der Waals surface area contributed by atoms with Gasteiger partial charge in [-0.2, -0.15) is 0 Å². The van der Waals surface area contributed by atoms with Crippen LogP contribution in [0.4, 0.5) is 0 Å². The Morgan fingerprint density at radius 1 is 1.43 bits per heavy atom. The lowest BCUT2D eigenvalue weighted by Crippen LogP contribution is -2.39. The molecule has 2 aromatic rings. The van der Waals surface area contributed by atoms with Gasteiger partial charge in [-0.3, -0.25) is 4.79 Å². The fourth-order valence-corrected chi connectivity index (χ4v) is 3.97. The zero-order valence-electron chi connectivity index (χ0n) is 13.7. The third-order valence-corrected chi connectivity index (χ3v) is 5.53. The highest BCUT2D eigenvalue weighted by molar-refractivity contribution is 7.11. The molecule has 1 saturated heterocycles. The minimum atomic E-state index is -0.00958. The van der Waals surface area contributed by atoms with E-state index in [2.05, 4.69) is 16.9 Å². The van der Waals surface area contributed by atoms with Gasteiger partial charge in [-0.05, 0) is 38.8 Å². The average molecular weight is 331 g/mol. The van der Waals surface area contributed by atoms with Crippen LogP contribution < -0.4 is 4.74 Å². The fourth-order valence-electron chi connectivity index (χ4n) is 2.92. The first-order valence-corrected chi connectivity index (χ1v) is 8.64. The monoisotopic (exact) mass is 331 g/mol. The van der Waals surface area contributed by atoms with Crippen molar-refractivity contribution in [3.63, 3.8) is 0 Å². The van der Waals surface area contributed by atoms with Crippen LogP contribution in [0.1, 0.15) is 44.7 Å². The Kier molecular flexibility index (Phi) is 4.61. The number of likely N-dealkylation sites (tertiary alicyclic amines) is 1. The number of amides is 1. The van der Waals surface area contributed by atoms with Crippen molar-refractivity contribution >= 4 is 17.2 Å². The van der Waals surface area contributed by atoms with E-state index >= 15 is 0 Å². The molecular formula is C17H21N3O2S. The summed E-state index contributed by atoms with van der Waals surface area (Å²) in [6.45, 7) is 5.63. The third-order valence-electron chi connectivity index (χ3n) is 4.30. The Morgan fingerprint density at radius 2 is 2.26 bits per heavy atom. The van der Waals surface area contributed by atoms with Crippen molar-refractivity contribution in [2.45, 2.75) is 32.6 Å². The molecule has 1 atom stereocenters. The van der Waals surface area contributed by atoms with Crippen LogP contribution in [0.3, 0.4) is 0 Å². The van der Waals surface area contributed by atoms with Gasteiger partial charge in [0, 0.05) is 30.1 Å². The largest absolute Gasteiger partial charge is 0.480 e. The summed E-state index contributed by atoms with van der Waals surface area (Å²) in [5.41, 5.74) is 1.63. The van der Waals surface area contributed by atoms with E-state index in [0.29, 0.717) is 23.9 Å². The zero-order valence-corrected chi connectivity index (χ0v) is 14.5. The number of ether oxygens (including phenoxy) is 1. The number of piperidine rings is 1. The lowest BCUT2D eigenvalue weighted by molar-refractivity contribution is 0.0703. The van der Waals surface area contributed by atoms with Crippen molar-refractivity contribution in [1.82, 2.24) is 14.9 Å². The minimum Gasteiger partial charge on any atom is -0.480 e. The predicted octanol–water partition coefficient (Wildman–Crippen LogP) is 3.18. The lowest BCUT2D eigenvalue weighted by Gasteiger charge is -2.32. The lowest BCUT2D eigenvalue weighted by atomic mass is 9.98. The van der Waals surface area contributed by atoms with E-state index in [1.54, 1.807) is 36.8 Å². The van der Waals surface area contributed by atoms with Gasteiger partial charge in [0.2, 0.25) is 5.88 Å².